The summed E-state index contributed by atoms with van der Waals surface area (Å²) in [6, 6.07) is 5.27. The smallest absolute Gasteiger partial charge is 0.267 e. The van der Waals surface area contributed by atoms with Gasteiger partial charge >= 0.3 is 0 Å². The van der Waals surface area contributed by atoms with E-state index in [1.807, 2.05) is 18.7 Å². The molecule has 3 rings (SSSR count). The van der Waals surface area contributed by atoms with E-state index >= 15 is 0 Å². The van der Waals surface area contributed by atoms with Gasteiger partial charge in [-0.1, -0.05) is 0 Å². The van der Waals surface area contributed by atoms with Gasteiger partial charge < -0.3 is 5.32 Å². The molecule has 7 nitrogen and oxygen atoms in total. The third kappa shape index (κ3) is 3.68. The standard InChI is InChI=1S/C17H21N5O2/c1-12(2)22-17(24)8-13-10-21(7-5-15(13)20-22)11-16(23)19-14-4-3-6-18-9-14/h3-4,6,8-9,12H,5,7,10-11H2,1-2H3,(H,19,23). The van der Waals surface area contributed by atoms with Crippen molar-refractivity contribution < 1.29 is 4.79 Å². The summed E-state index contributed by atoms with van der Waals surface area (Å²) in [6.45, 7) is 5.48. The molecule has 0 spiro atoms. The highest BCUT2D eigenvalue weighted by Gasteiger charge is 2.21. The fraction of sp³-hybridized carbons (Fsp3) is 0.412. The van der Waals surface area contributed by atoms with E-state index in [0.717, 1.165) is 24.2 Å². The number of aromatic nitrogens is 3. The molecule has 0 saturated carbocycles. The molecule has 126 valence electrons. The summed E-state index contributed by atoms with van der Waals surface area (Å²) < 4.78 is 1.52. The van der Waals surface area contributed by atoms with E-state index in [1.54, 1.807) is 30.6 Å². The van der Waals surface area contributed by atoms with E-state index in [9.17, 15) is 9.59 Å². The van der Waals surface area contributed by atoms with Crippen LogP contribution in [0.15, 0.2) is 35.4 Å². The normalized spacial score (nSPS) is 14.5. The highest BCUT2D eigenvalue weighted by atomic mass is 16.2. The van der Waals surface area contributed by atoms with Crippen LogP contribution in [0.1, 0.15) is 31.1 Å². The summed E-state index contributed by atoms with van der Waals surface area (Å²) >= 11 is 0. The SMILES string of the molecule is CC(C)n1nc2c(cc1=O)CN(CC(=O)Nc1cccnc1)CC2. The van der Waals surface area contributed by atoms with E-state index in [4.69, 9.17) is 0 Å². The van der Waals surface area contributed by atoms with Crippen LogP contribution in [0.2, 0.25) is 0 Å². The number of nitrogens with zero attached hydrogens (tertiary/aromatic N) is 4. The molecule has 2 aromatic rings. The predicted molar refractivity (Wildman–Crippen MR) is 90.7 cm³/mol. The van der Waals surface area contributed by atoms with Gasteiger partial charge in [0.1, 0.15) is 0 Å². The first-order valence-electron chi connectivity index (χ1n) is 8.07. The van der Waals surface area contributed by atoms with Crippen LogP contribution in [0.5, 0.6) is 0 Å². The second kappa shape index (κ2) is 6.92. The van der Waals surface area contributed by atoms with E-state index in [2.05, 4.69) is 15.4 Å². The molecular formula is C17H21N5O2. The maximum absolute atomic E-state index is 12.1. The van der Waals surface area contributed by atoms with Crippen LogP contribution in [0.3, 0.4) is 0 Å². The molecule has 7 heteroatoms. The van der Waals surface area contributed by atoms with Crippen molar-refractivity contribution in [2.75, 3.05) is 18.4 Å². The Morgan fingerprint density at radius 2 is 2.25 bits per heavy atom. The molecule has 0 saturated heterocycles. The quantitative estimate of drug-likeness (QED) is 0.913. The second-order valence-corrected chi connectivity index (χ2v) is 6.24. The van der Waals surface area contributed by atoms with Gasteiger partial charge in [-0.2, -0.15) is 5.10 Å². The molecule has 0 aliphatic carbocycles. The molecular weight excluding hydrogens is 306 g/mol. The third-order valence-corrected chi connectivity index (χ3v) is 3.98. The molecule has 3 heterocycles. The minimum absolute atomic E-state index is 0.0473. The third-order valence-electron chi connectivity index (χ3n) is 3.98. The zero-order chi connectivity index (χ0) is 17.1. The maximum atomic E-state index is 12.1. The van der Waals surface area contributed by atoms with E-state index in [1.165, 1.54) is 4.68 Å². The van der Waals surface area contributed by atoms with Gasteiger partial charge in [0.2, 0.25) is 5.91 Å². The Kier molecular flexibility index (Phi) is 4.71. The second-order valence-electron chi connectivity index (χ2n) is 6.24. The average Bonchev–Trinajstić information content (AvgIpc) is 2.54. The Hall–Kier alpha value is -2.54. The van der Waals surface area contributed by atoms with Gasteiger partial charge in [-0.3, -0.25) is 19.5 Å². The number of nitrogens with one attached hydrogen (secondary N) is 1. The summed E-state index contributed by atoms with van der Waals surface area (Å²) in [7, 11) is 0. The number of pyridine rings is 1. The van der Waals surface area contributed by atoms with E-state index in [-0.39, 0.29) is 24.1 Å². The van der Waals surface area contributed by atoms with Gasteiger partial charge in [-0.15, -0.1) is 0 Å². The van der Waals surface area contributed by atoms with Crippen LogP contribution >= 0.6 is 0 Å². The van der Waals surface area contributed by atoms with Gasteiger partial charge in [0.25, 0.3) is 5.56 Å². The topological polar surface area (TPSA) is 80.1 Å². The van der Waals surface area contributed by atoms with E-state index < -0.39 is 0 Å². The molecule has 0 bridgehead atoms. The Bertz CT molecular complexity index is 785. The monoisotopic (exact) mass is 327 g/mol. The number of hydrogen-bond donors (Lipinski definition) is 1. The summed E-state index contributed by atoms with van der Waals surface area (Å²) in [6.07, 6.45) is 4.01. The number of anilines is 1. The minimum Gasteiger partial charge on any atom is -0.324 e. The van der Waals surface area contributed by atoms with Crippen molar-refractivity contribution in [2.45, 2.75) is 32.9 Å². The van der Waals surface area contributed by atoms with Crippen molar-refractivity contribution in [1.29, 1.82) is 0 Å². The van der Waals surface area contributed by atoms with Gasteiger partial charge in [0, 0.05) is 31.8 Å². The summed E-state index contributed by atoms with van der Waals surface area (Å²) in [5.74, 6) is -0.0880. The lowest BCUT2D eigenvalue weighted by Gasteiger charge is -2.28. The van der Waals surface area contributed by atoms with Gasteiger partial charge in [0.05, 0.1) is 30.2 Å². The van der Waals surface area contributed by atoms with Crippen molar-refractivity contribution in [3.8, 4) is 0 Å². The number of hydrogen-bond acceptors (Lipinski definition) is 5. The number of rotatable bonds is 4. The number of carbonyl (C=O) groups is 1. The number of carbonyl (C=O) groups excluding carboxylic acids is 1. The lowest BCUT2D eigenvalue weighted by atomic mass is 10.1. The van der Waals surface area contributed by atoms with Crippen molar-refractivity contribution in [3.05, 3.63) is 52.2 Å². The predicted octanol–water partition coefficient (Wildman–Crippen LogP) is 1.22. The minimum atomic E-state index is -0.0922. The van der Waals surface area contributed by atoms with Crippen LogP contribution in [-0.2, 0) is 17.8 Å². The summed E-state index contributed by atoms with van der Waals surface area (Å²) in [4.78, 5) is 30.2. The first kappa shape index (κ1) is 16.3. The Labute approximate surface area is 140 Å². The van der Waals surface area contributed by atoms with Crippen LogP contribution in [0.4, 0.5) is 5.69 Å². The van der Waals surface area contributed by atoms with Gasteiger partial charge in [-0.25, -0.2) is 4.68 Å². The highest BCUT2D eigenvalue weighted by Crippen LogP contribution is 2.16. The molecule has 0 fully saturated rings. The Morgan fingerprint density at radius 3 is 2.96 bits per heavy atom. The number of fused-ring (bicyclic) bond motifs is 1. The van der Waals surface area contributed by atoms with Crippen LogP contribution < -0.4 is 10.9 Å². The zero-order valence-electron chi connectivity index (χ0n) is 13.9. The Balaban J connectivity index is 1.66. The molecule has 1 N–H and O–H groups in total. The summed E-state index contributed by atoms with van der Waals surface area (Å²) in [5, 5.41) is 7.29. The fourth-order valence-corrected chi connectivity index (χ4v) is 2.82. The Morgan fingerprint density at radius 1 is 1.42 bits per heavy atom. The van der Waals surface area contributed by atoms with Crippen molar-refractivity contribution in [2.24, 2.45) is 0 Å². The molecule has 0 atom stereocenters. The lowest BCUT2D eigenvalue weighted by molar-refractivity contribution is -0.117. The molecule has 0 aromatic carbocycles. The summed E-state index contributed by atoms with van der Waals surface area (Å²) in [5.41, 5.74) is 2.45. The van der Waals surface area contributed by atoms with Crippen LogP contribution in [-0.4, -0.2) is 38.7 Å². The molecule has 0 unspecified atom stereocenters. The molecule has 0 radical (unpaired) electrons. The lowest BCUT2D eigenvalue weighted by Crippen LogP contribution is -2.39. The first-order chi connectivity index (χ1) is 11.5. The van der Waals surface area contributed by atoms with Crippen molar-refractivity contribution in [3.63, 3.8) is 0 Å². The molecule has 1 amide bonds. The largest absolute Gasteiger partial charge is 0.324 e. The zero-order valence-corrected chi connectivity index (χ0v) is 13.9. The van der Waals surface area contributed by atoms with Crippen molar-refractivity contribution >= 4 is 11.6 Å². The molecule has 1 aliphatic rings. The number of amides is 1. The molecule has 2 aromatic heterocycles. The molecule has 24 heavy (non-hydrogen) atoms. The highest BCUT2D eigenvalue weighted by molar-refractivity contribution is 5.92. The van der Waals surface area contributed by atoms with Crippen molar-refractivity contribution in [1.82, 2.24) is 19.7 Å². The van der Waals surface area contributed by atoms with Gasteiger partial charge in [0.15, 0.2) is 0 Å². The van der Waals surface area contributed by atoms with Crippen LogP contribution in [0.25, 0.3) is 0 Å². The average molecular weight is 327 g/mol. The van der Waals surface area contributed by atoms with Gasteiger partial charge in [-0.05, 0) is 31.5 Å². The fourth-order valence-electron chi connectivity index (χ4n) is 2.82. The molecule has 1 aliphatic heterocycles. The maximum Gasteiger partial charge on any atom is 0.267 e. The first-order valence-corrected chi connectivity index (χ1v) is 8.07. The van der Waals surface area contributed by atoms with E-state index in [0.29, 0.717) is 12.2 Å². The van der Waals surface area contributed by atoms with Crippen LogP contribution in [0, 0.1) is 0 Å².